The third kappa shape index (κ3) is 4.10. The number of hydrogen-bond acceptors (Lipinski definition) is 4. The van der Waals surface area contributed by atoms with Crippen molar-refractivity contribution in [1.82, 2.24) is 9.96 Å². The van der Waals surface area contributed by atoms with E-state index in [1.807, 2.05) is 18.2 Å². The van der Waals surface area contributed by atoms with Crippen molar-refractivity contribution in [2.45, 2.75) is 38.1 Å². The maximum absolute atomic E-state index is 12.3. The number of nitrogens with zero attached hydrogens (tertiary/aromatic N) is 2. The maximum atomic E-state index is 12.3. The molecule has 2 aliphatic rings. The molecule has 1 aliphatic heterocycles. The molecule has 1 aliphatic carbocycles. The molecule has 1 heterocycles. The van der Waals surface area contributed by atoms with Crippen LogP contribution >= 0.6 is 0 Å². The van der Waals surface area contributed by atoms with E-state index in [0.29, 0.717) is 12.6 Å². The zero-order chi connectivity index (χ0) is 16.2. The third-order valence-electron chi connectivity index (χ3n) is 5.11. The van der Waals surface area contributed by atoms with Crippen LogP contribution in [0.4, 0.5) is 5.69 Å². The maximum Gasteiger partial charge on any atom is 0.238 e. The van der Waals surface area contributed by atoms with Crippen molar-refractivity contribution >= 4 is 11.6 Å². The summed E-state index contributed by atoms with van der Waals surface area (Å²) in [6.07, 6.45) is 5.62. The number of carbonyl (C=O) groups excluding carboxylic acids is 1. The van der Waals surface area contributed by atoms with Gasteiger partial charge in [-0.05, 0) is 55.4 Å². The number of rotatable bonds is 5. The molecule has 126 valence electrons. The Morgan fingerprint density at radius 2 is 2.04 bits per heavy atom. The van der Waals surface area contributed by atoms with Crippen molar-refractivity contribution < 1.29 is 9.63 Å². The molecule has 0 atom stereocenters. The highest BCUT2D eigenvalue weighted by molar-refractivity contribution is 5.92. The number of piperidine rings is 1. The second-order valence-electron chi connectivity index (χ2n) is 6.62. The van der Waals surface area contributed by atoms with Crippen molar-refractivity contribution in [3.63, 3.8) is 0 Å². The molecule has 1 N–H and O–H groups in total. The Labute approximate surface area is 138 Å². The van der Waals surface area contributed by atoms with Gasteiger partial charge in [-0.15, -0.1) is 0 Å². The van der Waals surface area contributed by atoms with Gasteiger partial charge in [0.05, 0.1) is 13.7 Å². The number of carbonyl (C=O) groups is 1. The first-order chi connectivity index (χ1) is 11.2. The van der Waals surface area contributed by atoms with E-state index in [1.54, 1.807) is 7.11 Å². The first-order valence-corrected chi connectivity index (χ1v) is 8.56. The van der Waals surface area contributed by atoms with Crippen LogP contribution in [-0.4, -0.2) is 55.7 Å². The fourth-order valence-corrected chi connectivity index (χ4v) is 3.64. The number of anilines is 1. The standard InChI is InChI=1S/C18H27N3O2/c1-20(23-2)17-8-10-21(11-9-17)13-18(22)19-16-7-6-14-4-3-5-15(14)12-16/h6-7,12,17H,3-5,8-11,13H2,1-2H3,(H,19,22). The summed E-state index contributed by atoms with van der Waals surface area (Å²) in [5.41, 5.74) is 3.77. The average Bonchev–Trinajstić information content (AvgIpc) is 3.02. The third-order valence-corrected chi connectivity index (χ3v) is 5.11. The zero-order valence-corrected chi connectivity index (χ0v) is 14.2. The minimum atomic E-state index is 0.0847. The highest BCUT2D eigenvalue weighted by Gasteiger charge is 2.23. The van der Waals surface area contributed by atoms with Gasteiger partial charge < -0.3 is 10.2 Å². The molecule has 0 saturated carbocycles. The highest BCUT2D eigenvalue weighted by atomic mass is 16.7. The SMILES string of the molecule is CON(C)C1CCN(CC(=O)Nc2ccc3c(c2)CCC3)CC1. The van der Waals surface area contributed by atoms with Gasteiger partial charge in [0.25, 0.3) is 0 Å². The molecule has 1 amide bonds. The molecule has 0 unspecified atom stereocenters. The highest BCUT2D eigenvalue weighted by Crippen LogP contribution is 2.25. The Morgan fingerprint density at radius 1 is 1.30 bits per heavy atom. The second kappa shape index (κ2) is 7.43. The van der Waals surface area contributed by atoms with E-state index >= 15 is 0 Å². The van der Waals surface area contributed by atoms with Gasteiger partial charge in [-0.3, -0.25) is 9.69 Å². The molecule has 0 spiro atoms. The number of aryl methyl sites for hydroxylation is 2. The second-order valence-corrected chi connectivity index (χ2v) is 6.62. The number of nitrogens with one attached hydrogen (secondary N) is 1. The molecular weight excluding hydrogens is 290 g/mol. The van der Waals surface area contributed by atoms with Gasteiger partial charge >= 0.3 is 0 Å². The molecule has 3 rings (SSSR count). The summed E-state index contributed by atoms with van der Waals surface area (Å²) in [5.74, 6) is 0.0847. The van der Waals surface area contributed by atoms with E-state index in [2.05, 4.69) is 22.3 Å². The summed E-state index contributed by atoms with van der Waals surface area (Å²) in [6, 6.07) is 6.78. The van der Waals surface area contributed by atoms with Gasteiger partial charge in [0, 0.05) is 31.9 Å². The Morgan fingerprint density at radius 3 is 2.78 bits per heavy atom. The monoisotopic (exact) mass is 317 g/mol. The largest absolute Gasteiger partial charge is 0.325 e. The Balaban J connectivity index is 1.47. The topological polar surface area (TPSA) is 44.8 Å². The predicted octanol–water partition coefficient (Wildman–Crippen LogP) is 2.07. The van der Waals surface area contributed by atoms with Crippen molar-refractivity contribution in [1.29, 1.82) is 0 Å². The number of hydroxylamine groups is 2. The number of fused-ring (bicyclic) bond motifs is 1. The van der Waals surface area contributed by atoms with Crippen molar-refractivity contribution in [3.05, 3.63) is 29.3 Å². The molecule has 1 aromatic carbocycles. The molecule has 0 radical (unpaired) electrons. The summed E-state index contributed by atoms with van der Waals surface area (Å²) >= 11 is 0. The summed E-state index contributed by atoms with van der Waals surface area (Å²) in [5, 5.41) is 4.97. The lowest BCUT2D eigenvalue weighted by molar-refractivity contribution is -0.151. The Kier molecular flexibility index (Phi) is 5.30. The smallest absolute Gasteiger partial charge is 0.238 e. The van der Waals surface area contributed by atoms with Gasteiger partial charge in [0.15, 0.2) is 0 Å². The zero-order valence-electron chi connectivity index (χ0n) is 14.2. The number of amides is 1. The van der Waals surface area contributed by atoms with Crippen LogP contribution in [0.25, 0.3) is 0 Å². The van der Waals surface area contributed by atoms with Crippen LogP contribution < -0.4 is 5.32 Å². The number of likely N-dealkylation sites (tertiary alicyclic amines) is 1. The van der Waals surface area contributed by atoms with E-state index < -0.39 is 0 Å². The minimum Gasteiger partial charge on any atom is -0.325 e. The molecule has 5 nitrogen and oxygen atoms in total. The van der Waals surface area contributed by atoms with Crippen molar-refractivity contribution in [3.8, 4) is 0 Å². The molecule has 1 fully saturated rings. The lowest BCUT2D eigenvalue weighted by Crippen LogP contribution is -2.45. The van der Waals surface area contributed by atoms with E-state index in [1.165, 1.54) is 24.0 Å². The lowest BCUT2D eigenvalue weighted by Gasteiger charge is -2.35. The molecule has 0 bridgehead atoms. The van der Waals surface area contributed by atoms with Crippen LogP contribution in [0.3, 0.4) is 0 Å². The summed E-state index contributed by atoms with van der Waals surface area (Å²) < 4.78 is 0. The van der Waals surface area contributed by atoms with E-state index in [4.69, 9.17) is 4.84 Å². The first-order valence-electron chi connectivity index (χ1n) is 8.56. The molecule has 1 aromatic rings. The summed E-state index contributed by atoms with van der Waals surface area (Å²) in [7, 11) is 3.68. The number of hydrogen-bond donors (Lipinski definition) is 1. The molecule has 23 heavy (non-hydrogen) atoms. The predicted molar refractivity (Wildman–Crippen MR) is 91.3 cm³/mol. The molecule has 5 heteroatoms. The average molecular weight is 317 g/mol. The normalized spacial score (nSPS) is 19.1. The van der Waals surface area contributed by atoms with E-state index in [9.17, 15) is 4.79 Å². The number of benzene rings is 1. The molecule has 0 aromatic heterocycles. The van der Waals surface area contributed by atoms with Crippen LogP contribution in [-0.2, 0) is 22.5 Å². The van der Waals surface area contributed by atoms with Gasteiger partial charge in [-0.1, -0.05) is 6.07 Å². The van der Waals surface area contributed by atoms with Crippen molar-refractivity contribution in [2.24, 2.45) is 0 Å². The fourth-order valence-electron chi connectivity index (χ4n) is 3.64. The van der Waals surface area contributed by atoms with E-state index in [0.717, 1.165) is 38.0 Å². The van der Waals surface area contributed by atoms with Crippen LogP contribution in [0, 0.1) is 0 Å². The van der Waals surface area contributed by atoms with Crippen LogP contribution in [0.15, 0.2) is 18.2 Å². The van der Waals surface area contributed by atoms with Crippen LogP contribution in [0.2, 0.25) is 0 Å². The summed E-state index contributed by atoms with van der Waals surface area (Å²) in [6.45, 7) is 2.35. The van der Waals surface area contributed by atoms with Crippen LogP contribution in [0.5, 0.6) is 0 Å². The van der Waals surface area contributed by atoms with Crippen LogP contribution in [0.1, 0.15) is 30.4 Å². The van der Waals surface area contributed by atoms with Gasteiger partial charge in [-0.2, -0.15) is 5.06 Å². The quantitative estimate of drug-likeness (QED) is 0.845. The van der Waals surface area contributed by atoms with Crippen molar-refractivity contribution in [2.75, 3.05) is 39.1 Å². The Bertz CT molecular complexity index is 553. The first kappa shape index (κ1) is 16.4. The molecular formula is C18H27N3O2. The van der Waals surface area contributed by atoms with E-state index in [-0.39, 0.29) is 5.91 Å². The molecule has 1 saturated heterocycles. The van der Waals surface area contributed by atoms with Gasteiger partial charge in [-0.25, -0.2) is 0 Å². The van der Waals surface area contributed by atoms with Gasteiger partial charge in [0.1, 0.15) is 0 Å². The lowest BCUT2D eigenvalue weighted by atomic mass is 10.1. The van der Waals surface area contributed by atoms with Gasteiger partial charge in [0.2, 0.25) is 5.91 Å². The Hall–Kier alpha value is -1.43. The fraction of sp³-hybridized carbons (Fsp3) is 0.611. The minimum absolute atomic E-state index is 0.0847. The summed E-state index contributed by atoms with van der Waals surface area (Å²) in [4.78, 5) is 19.7.